The van der Waals surface area contributed by atoms with Gasteiger partial charge in [0.1, 0.15) is 6.10 Å². The Morgan fingerprint density at radius 3 is 2.75 bits per heavy atom. The van der Waals surface area contributed by atoms with Crippen LogP contribution in [0.5, 0.6) is 0 Å². The van der Waals surface area contributed by atoms with Gasteiger partial charge in [0, 0.05) is 4.57 Å². The van der Waals surface area contributed by atoms with Gasteiger partial charge >= 0.3 is 8.25 Å². The van der Waals surface area contributed by atoms with Crippen LogP contribution >= 0.6 is 8.25 Å². The Kier molecular flexibility index (Phi) is 5.53. The van der Waals surface area contributed by atoms with E-state index in [4.69, 9.17) is 15.5 Å². The summed E-state index contributed by atoms with van der Waals surface area (Å²) in [5.74, 6) is -0.147. The molecule has 0 aliphatic carbocycles. The van der Waals surface area contributed by atoms with Gasteiger partial charge in [-0.25, -0.2) is 0 Å². The number of nitrogens with zero attached hydrogens (tertiary/aromatic N) is 1. The zero-order valence-electron chi connectivity index (χ0n) is 6.93. The van der Waals surface area contributed by atoms with Crippen molar-refractivity contribution in [1.29, 1.82) is 0 Å². The lowest BCUT2D eigenvalue weighted by Gasteiger charge is -1.92. The van der Waals surface area contributed by atoms with Crippen LogP contribution in [-0.4, -0.2) is 23.8 Å². The van der Waals surface area contributed by atoms with E-state index in [-0.39, 0.29) is 18.5 Å². The second kappa shape index (κ2) is 5.88. The first-order valence-electron chi connectivity index (χ1n) is 3.29. The maximum absolute atomic E-state index is 10.8. The number of nitrogens with two attached hydrogens (primary N) is 1. The third kappa shape index (κ3) is 6.03. The van der Waals surface area contributed by atoms with E-state index < -0.39 is 8.25 Å². The van der Waals surface area contributed by atoms with Crippen molar-refractivity contribution in [2.45, 2.75) is 20.0 Å². The van der Waals surface area contributed by atoms with E-state index in [2.05, 4.69) is 9.68 Å². The number of amidine groups is 1. The third-order valence-electron chi connectivity index (χ3n) is 0.743. The predicted molar refractivity (Wildman–Crippen MR) is 43.2 cm³/mol. The van der Waals surface area contributed by atoms with Gasteiger partial charge in [0.15, 0.2) is 12.4 Å². The summed E-state index contributed by atoms with van der Waals surface area (Å²) in [6.45, 7) is 3.23. The first-order chi connectivity index (χ1) is 5.56. The monoisotopic (exact) mass is 195 g/mol. The van der Waals surface area contributed by atoms with Crippen molar-refractivity contribution in [3.05, 3.63) is 0 Å². The molecule has 3 N–H and O–H groups in total. The third-order valence-corrected chi connectivity index (χ3v) is 1.68. The highest BCUT2D eigenvalue weighted by atomic mass is 31.1. The van der Waals surface area contributed by atoms with Crippen LogP contribution in [0.4, 0.5) is 0 Å². The van der Waals surface area contributed by atoms with Crippen LogP contribution in [0, 0.1) is 0 Å². The molecule has 0 aromatic heterocycles. The minimum absolute atomic E-state index is 0.147. The van der Waals surface area contributed by atoms with Crippen LogP contribution in [0.25, 0.3) is 0 Å². The summed E-state index contributed by atoms with van der Waals surface area (Å²) >= 11 is 0. The SMILES string of the molecule is CC(C)O[P+](=O)OCC(N)=NO. The highest BCUT2D eigenvalue weighted by molar-refractivity contribution is 7.33. The average Bonchev–Trinajstić information content (AvgIpc) is 1.99. The van der Waals surface area contributed by atoms with Crippen LogP contribution in [0.15, 0.2) is 5.16 Å². The van der Waals surface area contributed by atoms with Crippen LogP contribution in [0.1, 0.15) is 13.8 Å². The number of rotatable bonds is 5. The molecule has 0 saturated carbocycles. The second-order valence-corrected chi connectivity index (χ2v) is 3.16. The number of hydrogen-bond donors (Lipinski definition) is 2. The van der Waals surface area contributed by atoms with E-state index in [1.165, 1.54) is 0 Å². The Labute approximate surface area is 71.3 Å². The standard InChI is InChI=1S/C5H11N2O4P/c1-4(2)11-12(9)10-3-5(6)7-8/h4H,3H2,1-2H3,(H2-,6,7,8)/p+1. The maximum Gasteiger partial charge on any atom is 0.698 e. The summed E-state index contributed by atoms with van der Waals surface area (Å²) in [5.41, 5.74) is 5.04. The maximum atomic E-state index is 10.8. The van der Waals surface area contributed by atoms with Gasteiger partial charge in [0.05, 0.1) is 0 Å². The van der Waals surface area contributed by atoms with Crippen LogP contribution in [0.2, 0.25) is 0 Å². The number of oxime groups is 1. The quantitative estimate of drug-likeness (QED) is 0.223. The van der Waals surface area contributed by atoms with Gasteiger partial charge in [-0.1, -0.05) is 5.16 Å². The smallest absolute Gasteiger partial charge is 0.409 e. The first kappa shape index (κ1) is 11.3. The van der Waals surface area contributed by atoms with Crippen molar-refractivity contribution in [2.75, 3.05) is 6.61 Å². The summed E-state index contributed by atoms with van der Waals surface area (Å²) in [6, 6.07) is 0. The van der Waals surface area contributed by atoms with E-state index in [9.17, 15) is 4.57 Å². The molecule has 1 atom stereocenters. The number of hydrogen-bond acceptors (Lipinski definition) is 5. The molecule has 0 aliphatic heterocycles. The van der Waals surface area contributed by atoms with Gasteiger partial charge in [-0.2, -0.15) is 0 Å². The minimum Gasteiger partial charge on any atom is -0.409 e. The lowest BCUT2D eigenvalue weighted by Crippen LogP contribution is -2.17. The van der Waals surface area contributed by atoms with E-state index in [1.54, 1.807) is 13.8 Å². The second-order valence-electron chi connectivity index (χ2n) is 2.24. The Morgan fingerprint density at radius 2 is 2.33 bits per heavy atom. The molecule has 0 aromatic carbocycles. The molecular formula is C5H12N2O4P+. The Balaban J connectivity index is 3.58. The molecule has 0 rings (SSSR count). The fraction of sp³-hybridized carbons (Fsp3) is 0.800. The van der Waals surface area contributed by atoms with E-state index in [0.29, 0.717) is 0 Å². The van der Waals surface area contributed by atoms with Gasteiger partial charge in [-0.3, -0.25) is 0 Å². The van der Waals surface area contributed by atoms with Crippen molar-refractivity contribution in [3.63, 3.8) is 0 Å². The van der Waals surface area contributed by atoms with Crippen LogP contribution < -0.4 is 5.73 Å². The molecule has 0 spiro atoms. The molecule has 1 unspecified atom stereocenters. The minimum atomic E-state index is -2.18. The van der Waals surface area contributed by atoms with Gasteiger partial charge in [0.25, 0.3) is 0 Å². The molecule has 0 aromatic rings. The molecule has 0 fully saturated rings. The zero-order chi connectivity index (χ0) is 9.56. The Bertz CT molecular complexity index is 182. The summed E-state index contributed by atoms with van der Waals surface area (Å²) < 4.78 is 20.1. The normalized spacial score (nSPS) is 13.6. The van der Waals surface area contributed by atoms with Crippen molar-refractivity contribution >= 4 is 14.1 Å². The van der Waals surface area contributed by atoms with E-state index in [1.807, 2.05) is 0 Å². The van der Waals surface area contributed by atoms with Crippen LogP contribution in [-0.2, 0) is 13.6 Å². The molecule has 12 heavy (non-hydrogen) atoms. The molecule has 70 valence electrons. The molecule has 0 heterocycles. The van der Waals surface area contributed by atoms with Crippen molar-refractivity contribution in [3.8, 4) is 0 Å². The molecule has 6 nitrogen and oxygen atoms in total. The first-order valence-corrected chi connectivity index (χ1v) is 4.39. The van der Waals surface area contributed by atoms with E-state index >= 15 is 0 Å². The molecule has 0 amide bonds. The van der Waals surface area contributed by atoms with Crippen molar-refractivity contribution in [2.24, 2.45) is 10.9 Å². The summed E-state index contributed by atoms with van der Waals surface area (Å²) in [6.07, 6.45) is -0.180. The summed E-state index contributed by atoms with van der Waals surface area (Å²) in [4.78, 5) is 0. The van der Waals surface area contributed by atoms with Crippen molar-refractivity contribution in [1.82, 2.24) is 0 Å². The molecule has 0 bridgehead atoms. The van der Waals surface area contributed by atoms with Gasteiger partial charge in [-0.05, 0) is 13.8 Å². The van der Waals surface area contributed by atoms with Gasteiger partial charge in [-0.15, -0.1) is 9.05 Å². The fourth-order valence-electron chi connectivity index (χ4n) is 0.350. The topological polar surface area (TPSA) is 94.1 Å². The average molecular weight is 195 g/mol. The Morgan fingerprint density at radius 1 is 1.75 bits per heavy atom. The Hall–Kier alpha value is -0.710. The lowest BCUT2D eigenvalue weighted by molar-refractivity contribution is 0.198. The van der Waals surface area contributed by atoms with Crippen molar-refractivity contribution < 1.29 is 18.8 Å². The predicted octanol–water partition coefficient (Wildman–Crippen LogP) is 0.832. The highest BCUT2D eigenvalue weighted by Gasteiger charge is 2.22. The molecule has 0 saturated heterocycles. The molecule has 0 radical (unpaired) electrons. The lowest BCUT2D eigenvalue weighted by atomic mass is 10.5. The summed E-state index contributed by atoms with van der Waals surface area (Å²) in [5, 5.41) is 10.7. The molecule has 0 aliphatic rings. The fourth-order valence-corrected chi connectivity index (χ4v) is 0.993. The molecular weight excluding hydrogens is 183 g/mol. The van der Waals surface area contributed by atoms with Gasteiger partial charge < -0.3 is 10.9 Å². The molecule has 7 heteroatoms. The highest BCUT2D eigenvalue weighted by Crippen LogP contribution is 2.25. The van der Waals surface area contributed by atoms with Gasteiger partial charge in [0.2, 0.25) is 0 Å². The summed E-state index contributed by atoms with van der Waals surface area (Å²) in [7, 11) is -2.18. The van der Waals surface area contributed by atoms with E-state index in [0.717, 1.165) is 0 Å². The largest absolute Gasteiger partial charge is 0.698 e. The zero-order valence-corrected chi connectivity index (χ0v) is 7.82. The van der Waals surface area contributed by atoms with Crippen LogP contribution in [0.3, 0.4) is 0 Å².